The number of hydrogen-bond donors (Lipinski definition) is 4. The quantitative estimate of drug-likeness (QED) is 0.354. The lowest BCUT2D eigenvalue weighted by molar-refractivity contribution is -0.123. The van der Waals surface area contributed by atoms with Crippen molar-refractivity contribution < 1.29 is 9.59 Å². The van der Waals surface area contributed by atoms with Crippen molar-refractivity contribution in [2.75, 3.05) is 6.54 Å². The standard InChI is InChI=1S/C8H13N3O2.C6H6ClNS/c9-4-5-1-2-8(3-5)6(12)10-7(13)11-8;1-4-2-5(9)3-8-6(4)7/h5H,1-4,9H2,(H2,10,11,12,13);2-3,9H,1H3. The average Bonchev–Trinajstić information content (AvgIpc) is 3.00. The third kappa shape index (κ3) is 3.71. The second-order valence-electron chi connectivity index (χ2n) is 5.64. The smallest absolute Gasteiger partial charge is 0.322 e. The van der Waals surface area contributed by atoms with Gasteiger partial charge in [-0.05, 0) is 50.3 Å². The van der Waals surface area contributed by atoms with E-state index in [4.69, 9.17) is 17.3 Å². The van der Waals surface area contributed by atoms with Gasteiger partial charge < -0.3 is 11.1 Å². The maximum atomic E-state index is 11.4. The minimum atomic E-state index is -0.638. The number of pyridine rings is 1. The maximum absolute atomic E-state index is 11.4. The number of halogens is 1. The van der Waals surface area contributed by atoms with Crippen molar-refractivity contribution in [2.45, 2.75) is 36.6 Å². The predicted octanol–water partition coefficient (Wildman–Crippen LogP) is 1.66. The molecular weight excluding hydrogens is 324 g/mol. The fourth-order valence-corrected chi connectivity index (χ4v) is 3.09. The monoisotopic (exact) mass is 342 g/mol. The summed E-state index contributed by atoms with van der Waals surface area (Å²) in [5, 5.41) is 5.50. The molecule has 2 fully saturated rings. The summed E-state index contributed by atoms with van der Waals surface area (Å²) in [7, 11) is 0. The first kappa shape index (κ1) is 17.1. The zero-order valence-corrected chi connectivity index (χ0v) is 13.9. The molecule has 0 bridgehead atoms. The Morgan fingerprint density at radius 3 is 2.73 bits per heavy atom. The van der Waals surface area contributed by atoms with E-state index in [1.807, 2.05) is 13.0 Å². The van der Waals surface area contributed by atoms with E-state index in [-0.39, 0.29) is 11.9 Å². The number of aryl methyl sites for hydroxylation is 1. The highest BCUT2D eigenvalue weighted by molar-refractivity contribution is 7.80. The van der Waals surface area contributed by atoms with Gasteiger partial charge in [-0.3, -0.25) is 10.1 Å². The molecule has 2 heterocycles. The van der Waals surface area contributed by atoms with Crippen LogP contribution in [0.1, 0.15) is 24.8 Å². The summed E-state index contributed by atoms with van der Waals surface area (Å²) in [6.07, 6.45) is 3.94. The molecule has 3 rings (SSSR count). The molecule has 2 unspecified atom stereocenters. The van der Waals surface area contributed by atoms with Gasteiger partial charge in [0.1, 0.15) is 10.7 Å². The van der Waals surface area contributed by atoms with Crippen molar-refractivity contribution >= 4 is 36.2 Å². The number of nitrogens with zero attached hydrogens (tertiary/aromatic N) is 1. The van der Waals surface area contributed by atoms with E-state index in [1.165, 1.54) is 0 Å². The van der Waals surface area contributed by atoms with Crippen LogP contribution in [0.25, 0.3) is 0 Å². The SMILES string of the molecule is Cc1cc(S)cnc1Cl.NCC1CCC2(C1)NC(=O)NC2=O. The summed E-state index contributed by atoms with van der Waals surface area (Å²) in [6.45, 7) is 2.49. The summed E-state index contributed by atoms with van der Waals surface area (Å²) in [5.41, 5.74) is 5.84. The lowest BCUT2D eigenvalue weighted by Gasteiger charge is -2.19. The summed E-state index contributed by atoms with van der Waals surface area (Å²) >= 11 is 9.72. The molecule has 3 amide bonds. The van der Waals surface area contributed by atoms with Crippen molar-refractivity contribution in [3.8, 4) is 0 Å². The van der Waals surface area contributed by atoms with Gasteiger partial charge in [-0.15, -0.1) is 12.6 Å². The number of aromatic nitrogens is 1. The zero-order valence-electron chi connectivity index (χ0n) is 12.2. The molecule has 2 aliphatic rings. The molecule has 1 saturated carbocycles. The first-order valence-electron chi connectivity index (χ1n) is 7.01. The molecule has 0 aromatic carbocycles. The van der Waals surface area contributed by atoms with Gasteiger partial charge in [0.15, 0.2) is 0 Å². The summed E-state index contributed by atoms with van der Waals surface area (Å²) in [6, 6.07) is 1.50. The average molecular weight is 343 g/mol. The minimum Gasteiger partial charge on any atom is -0.330 e. The minimum absolute atomic E-state index is 0.187. The molecule has 1 aromatic rings. The molecule has 22 heavy (non-hydrogen) atoms. The number of nitrogens with one attached hydrogen (secondary N) is 2. The highest BCUT2D eigenvalue weighted by atomic mass is 35.5. The van der Waals surface area contributed by atoms with E-state index in [1.54, 1.807) is 6.20 Å². The van der Waals surface area contributed by atoms with Gasteiger partial charge in [-0.1, -0.05) is 11.6 Å². The number of carbonyl (C=O) groups excluding carboxylic acids is 2. The van der Waals surface area contributed by atoms with Crippen LogP contribution in [0.3, 0.4) is 0 Å². The van der Waals surface area contributed by atoms with Gasteiger partial charge in [-0.25, -0.2) is 9.78 Å². The molecule has 4 N–H and O–H groups in total. The molecular formula is C14H19ClN4O2S. The normalized spacial score (nSPS) is 26.5. The Balaban J connectivity index is 0.000000172. The first-order chi connectivity index (χ1) is 10.4. The van der Waals surface area contributed by atoms with E-state index in [2.05, 4.69) is 28.2 Å². The third-order valence-electron chi connectivity index (χ3n) is 3.96. The molecule has 1 aliphatic carbocycles. The van der Waals surface area contributed by atoms with Crippen LogP contribution in [0.4, 0.5) is 4.79 Å². The van der Waals surface area contributed by atoms with Gasteiger partial charge in [-0.2, -0.15) is 0 Å². The Morgan fingerprint density at radius 2 is 2.27 bits per heavy atom. The summed E-state index contributed by atoms with van der Waals surface area (Å²) in [4.78, 5) is 27.1. The second kappa shape index (κ2) is 6.85. The molecule has 1 aromatic heterocycles. The number of nitrogens with two attached hydrogens (primary N) is 1. The second-order valence-corrected chi connectivity index (χ2v) is 6.51. The summed E-state index contributed by atoms with van der Waals surface area (Å²) in [5.74, 6) is 0.178. The number of imide groups is 1. The maximum Gasteiger partial charge on any atom is 0.322 e. The van der Waals surface area contributed by atoms with Gasteiger partial charge in [0.2, 0.25) is 0 Å². The van der Waals surface area contributed by atoms with Crippen LogP contribution in [0.5, 0.6) is 0 Å². The van der Waals surface area contributed by atoms with Crippen molar-refractivity contribution in [3.05, 3.63) is 23.0 Å². The molecule has 1 aliphatic heterocycles. The number of hydrogen-bond acceptors (Lipinski definition) is 5. The molecule has 1 spiro atoms. The highest BCUT2D eigenvalue weighted by Gasteiger charge is 2.50. The van der Waals surface area contributed by atoms with E-state index in [0.717, 1.165) is 16.9 Å². The molecule has 0 radical (unpaired) electrons. The molecule has 6 nitrogen and oxygen atoms in total. The van der Waals surface area contributed by atoms with Crippen molar-refractivity contribution in [3.63, 3.8) is 0 Å². The lowest BCUT2D eigenvalue weighted by Crippen LogP contribution is -2.44. The Hall–Kier alpha value is -1.31. The van der Waals surface area contributed by atoms with Gasteiger partial charge in [0.25, 0.3) is 5.91 Å². The van der Waals surface area contributed by atoms with Crippen LogP contribution in [0.2, 0.25) is 5.15 Å². The molecule has 2 atom stereocenters. The number of thiol groups is 1. The molecule has 8 heteroatoms. The largest absolute Gasteiger partial charge is 0.330 e. The van der Waals surface area contributed by atoms with Crippen LogP contribution in [-0.4, -0.2) is 29.0 Å². The van der Waals surface area contributed by atoms with Gasteiger partial charge >= 0.3 is 6.03 Å². The first-order valence-corrected chi connectivity index (χ1v) is 7.83. The van der Waals surface area contributed by atoms with Crippen molar-refractivity contribution in [2.24, 2.45) is 11.7 Å². The van der Waals surface area contributed by atoms with Crippen molar-refractivity contribution in [1.82, 2.24) is 15.6 Å². The number of urea groups is 1. The van der Waals surface area contributed by atoms with Crippen LogP contribution in [-0.2, 0) is 4.79 Å². The Kier molecular flexibility index (Phi) is 5.31. The van der Waals surface area contributed by atoms with Crippen LogP contribution in [0.15, 0.2) is 17.2 Å². The van der Waals surface area contributed by atoms with E-state index in [0.29, 0.717) is 30.5 Å². The molecule has 120 valence electrons. The van der Waals surface area contributed by atoms with Gasteiger partial charge in [0.05, 0.1) is 0 Å². The van der Waals surface area contributed by atoms with Crippen LogP contribution < -0.4 is 16.4 Å². The zero-order chi connectivity index (χ0) is 16.3. The highest BCUT2D eigenvalue weighted by Crippen LogP contribution is 2.35. The van der Waals surface area contributed by atoms with E-state index < -0.39 is 5.54 Å². The number of rotatable bonds is 1. The summed E-state index contributed by atoms with van der Waals surface area (Å²) < 4.78 is 0. The van der Waals surface area contributed by atoms with Crippen LogP contribution >= 0.6 is 24.2 Å². The van der Waals surface area contributed by atoms with E-state index in [9.17, 15) is 9.59 Å². The number of carbonyl (C=O) groups is 2. The topological polar surface area (TPSA) is 97.1 Å². The third-order valence-corrected chi connectivity index (χ3v) is 4.60. The Morgan fingerprint density at radius 1 is 1.55 bits per heavy atom. The lowest BCUT2D eigenvalue weighted by atomic mass is 9.96. The van der Waals surface area contributed by atoms with Gasteiger partial charge in [0, 0.05) is 11.1 Å². The number of amides is 3. The van der Waals surface area contributed by atoms with Crippen molar-refractivity contribution in [1.29, 1.82) is 0 Å². The van der Waals surface area contributed by atoms with Crippen LogP contribution in [0, 0.1) is 12.8 Å². The fourth-order valence-electron chi connectivity index (χ4n) is 2.74. The molecule has 1 saturated heterocycles. The van der Waals surface area contributed by atoms with E-state index >= 15 is 0 Å². The Labute approximate surface area is 139 Å². The fraction of sp³-hybridized carbons (Fsp3) is 0.500. The Bertz CT molecular complexity index is 598. The predicted molar refractivity (Wildman–Crippen MR) is 87.0 cm³/mol.